The molecule has 3 rings (SSSR count). The van der Waals surface area contributed by atoms with Gasteiger partial charge in [0.1, 0.15) is 23.2 Å². The number of hydrogen-bond acceptors (Lipinski definition) is 2. The van der Waals surface area contributed by atoms with Crippen molar-refractivity contribution in [2.24, 2.45) is 7.05 Å². The number of fused-ring (bicyclic) bond motifs is 1. The molecule has 0 unspecified atom stereocenters. The quantitative estimate of drug-likeness (QED) is 0.666. The van der Waals surface area contributed by atoms with Crippen LogP contribution in [-0.2, 0) is 7.05 Å². The Morgan fingerprint density at radius 2 is 1.89 bits per heavy atom. The van der Waals surface area contributed by atoms with Gasteiger partial charge in [-0.2, -0.15) is 5.26 Å². The monoisotopic (exact) mass is 251 g/mol. The van der Waals surface area contributed by atoms with Gasteiger partial charge in [0.2, 0.25) is 0 Å². The van der Waals surface area contributed by atoms with Gasteiger partial charge in [-0.15, -0.1) is 0 Å². The summed E-state index contributed by atoms with van der Waals surface area (Å²) >= 11 is 0. The second kappa shape index (κ2) is 4.21. The Morgan fingerprint density at radius 1 is 1.16 bits per heavy atom. The van der Waals surface area contributed by atoms with Gasteiger partial charge in [-0.3, -0.25) is 0 Å². The highest BCUT2D eigenvalue weighted by molar-refractivity contribution is 5.85. The summed E-state index contributed by atoms with van der Waals surface area (Å²) in [6.07, 6.45) is 0. The van der Waals surface area contributed by atoms with Gasteiger partial charge in [0, 0.05) is 12.6 Å². The fraction of sp³-hybridized carbons (Fsp3) is 0.0667. The molecule has 19 heavy (non-hydrogen) atoms. The van der Waals surface area contributed by atoms with Crippen LogP contribution in [0.4, 0.5) is 4.39 Å². The molecule has 3 aromatic rings. The molecule has 92 valence electrons. The van der Waals surface area contributed by atoms with Gasteiger partial charge >= 0.3 is 0 Å². The van der Waals surface area contributed by atoms with Crippen LogP contribution in [-0.4, -0.2) is 9.55 Å². The highest BCUT2D eigenvalue weighted by Crippen LogP contribution is 2.25. The van der Waals surface area contributed by atoms with Gasteiger partial charge in [0.25, 0.3) is 0 Å². The van der Waals surface area contributed by atoms with Crippen LogP contribution >= 0.6 is 0 Å². The maximum atomic E-state index is 13.0. The van der Waals surface area contributed by atoms with E-state index < -0.39 is 0 Å². The Kier molecular flexibility index (Phi) is 2.53. The normalized spacial score (nSPS) is 10.6. The smallest absolute Gasteiger partial charge is 0.140 e. The third kappa shape index (κ3) is 1.76. The average molecular weight is 251 g/mol. The molecule has 0 amide bonds. The number of rotatable bonds is 1. The minimum absolute atomic E-state index is 0.278. The fourth-order valence-electron chi connectivity index (χ4n) is 2.16. The van der Waals surface area contributed by atoms with Crippen LogP contribution < -0.4 is 0 Å². The molecule has 3 nitrogen and oxygen atoms in total. The molecule has 0 aliphatic carbocycles. The molecule has 0 fully saturated rings. The summed E-state index contributed by atoms with van der Waals surface area (Å²) in [5, 5.41) is 9.09. The maximum Gasteiger partial charge on any atom is 0.140 e. The number of nitriles is 1. The van der Waals surface area contributed by atoms with Crippen molar-refractivity contribution in [2.45, 2.75) is 0 Å². The van der Waals surface area contributed by atoms with Crippen LogP contribution in [0.5, 0.6) is 0 Å². The van der Waals surface area contributed by atoms with E-state index in [2.05, 4.69) is 11.1 Å². The molecule has 0 spiro atoms. The van der Waals surface area contributed by atoms with Gasteiger partial charge in [0.05, 0.1) is 11.1 Å². The average Bonchev–Trinajstić information content (AvgIpc) is 2.77. The van der Waals surface area contributed by atoms with Crippen molar-refractivity contribution in [3.63, 3.8) is 0 Å². The van der Waals surface area contributed by atoms with Crippen LogP contribution in [0.15, 0.2) is 42.5 Å². The van der Waals surface area contributed by atoms with Crippen LogP contribution in [0.25, 0.3) is 22.4 Å². The van der Waals surface area contributed by atoms with Crippen LogP contribution in [0, 0.1) is 17.1 Å². The van der Waals surface area contributed by atoms with Crippen molar-refractivity contribution in [1.82, 2.24) is 9.55 Å². The largest absolute Gasteiger partial charge is 0.327 e. The minimum atomic E-state index is -0.278. The molecule has 0 N–H and O–H groups in total. The van der Waals surface area contributed by atoms with E-state index in [1.54, 1.807) is 18.2 Å². The van der Waals surface area contributed by atoms with Crippen LogP contribution in [0.3, 0.4) is 0 Å². The van der Waals surface area contributed by atoms with Crippen molar-refractivity contribution in [1.29, 1.82) is 5.26 Å². The lowest BCUT2D eigenvalue weighted by Gasteiger charge is -2.01. The van der Waals surface area contributed by atoms with Crippen molar-refractivity contribution in [2.75, 3.05) is 0 Å². The first kappa shape index (κ1) is 11.4. The summed E-state index contributed by atoms with van der Waals surface area (Å²) in [4.78, 5) is 4.50. The zero-order chi connectivity index (χ0) is 13.4. The van der Waals surface area contributed by atoms with Crippen LogP contribution in [0.2, 0.25) is 0 Å². The van der Waals surface area contributed by atoms with E-state index in [-0.39, 0.29) is 5.82 Å². The molecular weight excluding hydrogens is 241 g/mol. The zero-order valence-corrected chi connectivity index (χ0v) is 10.3. The van der Waals surface area contributed by atoms with Gasteiger partial charge in [-0.1, -0.05) is 6.07 Å². The molecule has 0 bridgehead atoms. The predicted molar refractivity (Wildman–Crippen MR) is 70.8 cm³/mol. The molecule has 1 heterocycles. The number of aryl methyl sites for hydroxylation is 1. The number of imidazole rings is 1. The third-order valence-electron chi connectivity index (χ3n) is 3.13. The third-order valence-corrected chi connectivity index (χ3v) is 3.13. The van der Waals surface area contributed by atoms with E-state index in [0.29, 0.717) is 11.1 Å². The molecule has 2 aromatic carbocycles. The number of nitrogens with zero attached hydrogens (tertiary/aromatic N) is 3. The molecule has 0 aliphatic rings. The molecule has 0 saturated carbocycles. The molecule has 1 aromatic heterocycles. The second-order valence-corrected chi connectivity index (χ2v) is 4.29. The molecule has 0 aliphatic heterocycles. The summed E-state index contributed by atoms with van der Waals surface area (Å²) < 4.78 is 14.9. The summed E-state index contributed by atoms with van der Waals surface area (Å²) in [7, 11) is 1.88. The summed E-state index contributed by atoms with van der Waals surface area (Å²) in [5.74, 6) is 0.443. The van der Waals surface area contributed by atoms with E-state index >= 15 is 0 Å². The number of hydrogen-bond donors (Lipinski definition) is 0. The van der Waals surface area contributed by atoms with E-state index in [1.807, 2.05) is 23.7 Å². The van der Waals surface area contributed by atoms with Crippen molar-refractivity contribution in [3.05, 3.63) is 53.8 Å². The van der Waals surface area contributed by atoms with E-state index in [1.165, 1.54) is 12.1 Å². The summed E-state index contributed by atoms with van der Waals surface area (Å²) in [6.45, 7) is 0. The lowest BCUT2D eigenvalue weighted by molar-refractivity contribution is 0.628. The Morgan fingerprint density at radius 3 is 2.58 bits per heavy atom. The van der Waals surface area contributed by atoms with E-state index in [9.17, 15) is 4.39 Å². The Hall–Kier alpha value is -2.67. The van der Waals surface area contributed by atoms with Crippen molar-refractivity contribution >= 4 is 11.0 Å². The van der Waals surface area contributed by atoms with Crippen molar-refractivity contribution in [3.8, 4) is 17.5 Å². The standard InChI is InChI=1S/C15H10FN3/c1-19-13-4-2-3-11(9-17)14(13)18-15(19)10-5-7-12(16)8-6-10/h2-8H,1H3. The molecule has 4 heteroatoms. The second-order valence-electron chi connectivity index (χ2n) is 4.29. The topological polar surface area (TPSA) is 41.6 Å². The molecule has 0 saturated heterocycles. The fourth-order valence-corrected chi connectivity index (χ4v) is 2.16. The maximum absolute atomic E-state index is 13.0. The number of para-hydroxylation sites is 1. The molecule has 0 radical (unpaired) electrons. The SMILES string of the molecule is Cn1c(-c2ccc(F)cc2)nc2c(C#N)cccc21. The Balaban J connectivity index is 2.29. The van der Waals surface area contributed by atoms with E-state index in [0.717, 1.165) is 16.9 Å². The molecular formula is C15H10FN3. The first-order valence-corrected chi connectivity index (χ1v) is 5.82. The highest BCUT2D eigenvalue weighted by Gasteiger charge is 2.12. The minimum Gasteiger partial charge on any atom is -0.327 e. The van der Waals surface area contributed by atoms with E-state index in [4.69, 9.17) is 5.26 Å². The zero-order valence-electron chi connectivity index (χ0n) is 10.3. The lowest BCUT2D eigenvalue weighted by Crippen LogP contribution is -1.92. The Bertz CT molecular complexity index is 795. The van der Waals surface area contributed by atoms with Gasteiger partial charge in [-0.25, -0.2) is 9.37 Å². The Labute approximate surface area is 109 Å². The lowest BCUT2D eigenvalue weighted by atomic mass is 10.2. The molecule has 0 atom stereocenters. The van der Waals surface area contributed by atoms with Gasteiger partial charge in [-0.05, 0) is 36.4 Å². The number of benzene rings is 2. The number of aromatic nitrogens is 2. The highest BCUT2D eigenvalue weighted by atomic mass is 19.1. The van der Waals surface area contributed by atoms with Crippen molar-refractivity contribution < 1.29 is 4.39 Å². The predicted octanol–water partition coefficient (Wildman–Crippen LogP) is 3.25. The summed E-state index contributed by atoms with van der Waals surface area (Å²) in [5.41, 5.74) is 2.93. The van der Waals surface area contributed by atoms with Gasteiger partial charge in [0.15, 0.2) is 0 Å². The first-order valence-electron chi connectivity index (χ1n) is 5.82. The number of halogens is 1. The summed E-state index contributed by atoms with van der Waals surface area (Å²) in [6, 6.07) is 13.8. The first-order chi connectivity index (χ1) is 9.20. The van der Waals surface area contributed by atoms with Crippen LogP contribution in [0.1, 0.15) is 5.56 Å². The van der Waals surface area contributed by atoms with Gasteiger partial charge < -0.3 is 4.57 Å².